The number of ether oxygens (including phenoxy) is 1. The summed E-state index contributed by atoms with van der Waals surface area (Å²) in [5, 5.41) is 7.07. The number of benzene rings is 1. The molecule has 0 aliphatic rings. The van der Waals surface area contributed by atoms with Crippen LogP contribution in [0.5, 0.6) is 0 Å². The van der Waals surface area contributed by atoms with E-state index < -0.39 is 5.97 Å². The first kappa shape index (κ1) is 18.9. The fourth-order valence-electron chi connectivity index (χ4n) is 2.08. The molecule has 25 heavy (non-hydrogen) atoms. The minimum absolute atomic E-state index is 0.0405. The Kier molecular flexibility index (Phi) is 6.11. The molecule has 6 nitrogen and oxygen atoms in total. The SMILES string of the molecule is COC(=O)c1cc(C)sc1NC(=S)Nc1ccc(N(C)C(C)=O)cc1. The fourth-order valence-corrected chi connectivity index (χ4v) is 3.27. The van der Waals surface area contributed by atoms with Crippen molar-refractivity contribution in [1.29, 1.82) is 0 Å². The molecule has 0 aliphatic carbocycles. The van der Waals surface area contributed by atoms with E-state index in [-0.39, 0.29) is 5.91 Å². The van der Waals surface area contributed by atoms with Crippen molar-refractivity contribution >= 4 is 56.9 Å². The van der Waals surface area contributed by atoms with Gasteiger partial charge < -0.3 is 20.3 Å². The Bertz CT molecular complexity index is 800. The number of methoxy groups -OCH3 is 1. The van der Waals surface area contributed by atoms with Gasteiger partial charge in [-0.15, -0.1) is 11.3 Å². The molecule has 0 aliphatic heterocycles. The Morgan fingerprint density at radius 2 is 1.84 bits per heavy atom. The molecule has 0 saturated heterocycles. The van der Waals surface area contributed by atoms with E-state index in [1.165, 1.54) is 25.4 Å². The van der Waals surface area contributed by atoms with Gasteiger partial charge in [0.1, 0.15) is 5.00 Å². The highest BCUT2D eigenvalue weighted by atomic mass is 32.1. The van der Waals surface area contributed by atoms with Crippen molar-refractivity contribution in [2.75, 3.05) is 29.7 Å². The summed E-state index contributed by atoms with van der Waals surface area (Å²) in [6, 6.07) is 9.05. The molecule has 0 bridgehead atoms. The topological polar surface area (TPSA) is 70.7 Å². The second-order valence-corrected chi connectivity index (χ2v) is 6.96. The lowest BCUT2D eigenvalue weighted by Crippen LogP contribution is -2.23. The van der Waals surface area contributed by atoms with Gasteiger partial charge >= 0.3 is 5.97 Å². The third-order valence-electron chi connectivity index (χ3n) is 3.47. The van der Waals surface area contributed by atoms with E-state index in [1.54, 1.807) is 18.0 Å². The van der Waals surface area contributed by atoms with Gasteiger partial charge in [-0.1, -0.05) is 0 Å². The average Bonchev–Trinajstić information content (AvgIpc) is 2.94. The zero-order valence-corrected chi connectivity index (χ0v) is 16.0. The van der Waals surface area contributed by atoms with E-state index in [0.29, 0.717) is 15.7 Å². The number of nitrogens with one attached hydrogen (secondary N) is 2. The van der Waals surface area contributed by atoms with Crippen LogP contribution >= 0.6 is 23.6 Å². The molecule has 2 aromatic rings. The van der Waals surface area contributed by atoms with Gasteiger partial charge in [-0.2, -0.15) is 0 Å². The van der Waals surface area contributed by atoms with Crippen molar-refractivity contribution < 1.29 is 14.3 Å². The van der Waals surface area contributed by atoms with Crippen molar-refractivity contribution in [3.8, 4) is 0 Å². The molecular weight excluding hydrogens is 358 g/mol. The number of anilines is 3. The average molecular weight is 377 g/mol. The molecule has 2 N–H and O–H groups in total. The molecule has 0 saturated carbocycles. The number of carbonyl (C=O) groups is 2. The molecule has 8 heteroatoms. The maximum Gasteiger partial charge on any atom is 0.340 e. The number of hydrogen-bond donors (Lipinski definition) is 2. The zero-order valence-electron chi connectivity index (χ0n) is 14.4. The van der Waals surface area contributed by atoms with Crippen LogP contribution in [0.2, 0.25) is 0 Å². The highest BCUT2D eigenvalue weighted by Gasteiger charge is 2.16. The number of esters is 1. The van der Waals surface area contributed by atoms with E-state index >= 15 is 0 Å². The molecule has 0 fully saturated rings. The molecule has 0 spiro atoms. The lowest BCUT2D eigenvalue weighted by molar-refractivity contribution is -0.116. The van der Waals surface area contributed by atoms with E-state index in [1.807, 2.05) is 31.2 Å². The smallest absolute Gasteiger partial charge is 0.340 e. The van der Waals surface area contributed by atoms with Crippen molar-refractivity contribution in [2.45, 2.75) is 13.8 Å². The number of nitrogens with zero attached hydrogens (tertiary/aromatic N) is 1. The van der Waals surface area contributed by atoms with Crippen LogP contribution in [0, 0.1) is 6.92 Å². The van der Waals surface area contributed by atoms with Crippen molar-refractivity contribution in [3.63, 3.8) is 0 Å². The van der Waals surface area contributed by atoms with Crippen LogP contribution < -0.4 is 15.5 Å². The second-order valence-electron chi connectivity index (χ2n) is 5.30. The summed E-state index contributed by atoms with van der Waals surface area (Å²) in [4.78, 5) is 25.7. The Morgan fingerprint density at radius 3 is 2.40 bits per heavy atom. The minimum Gasteiger partial charge on any atom is -0.465 e. The van der Waals surface area contributed by atoms with Gasteiger partial charge in [-0.3, -0.25) is 4.79 Å². The fraction of sp³-hybridized carbons (Fsp3) is 0.235. The van der Waals surface area contributed by atoms with Crippen LogP contribution in [-0.2, 0) is 9.53 Å². The molecule has 2 rings (SSSR count). The van der Waals surface area contributed by atoms with Crippen LogP contribution in [0.15, 0.2) is 30.3 Å². The molecule has 1 amide bonds. The van der Waals surface area contributed by atoms with Crippen molar-refractivity contribution in [1.82, 2.24) is 0 Å². The number of aryl methyl sites for hydroxylation is 1. The summed E-state index contributed by atoms with van der Waals surface area (Å²) in [6.07, 6.45) is 0. The summed E-state index contributed by atoms with van der Waals surface area (Å²) >= 11 is 6.73. The lowest BCUT2D eigenvalue weighted by Gasteiger charge is -2.16. The van der Waals surface area contributed by atoms with Crippen LogP contribution in [0.4, 0.5) is 16.4 Å². The first-order valence-electron chi connectivity index (χ1n) is 7.43. The third kappa shape index (κ3) is 4.77. The number of carbonyl (C=O) groups excluding carboxylic acids is 2. The third-order valence-corrected chi connectivity index (χ3v) is 4.64. The van der Waals surface area contributed by atoms with Gasteiger partial charge in [-0.05, 0) is 49.5 Å². The maximum atomic E-state index is 11.8. The van der Waals surface area contributed by atoms with E-state index in [0.717, 1.165) is 16.3 Å². The van der Waals surface area contributed by atoms with Crippen molar-refractivity contribution in [2.24, 2.45) is 0 Å². The number of amides is 1. The van der Waals surface area contributed by atoms with Gasteiger partial charge in [-0.25, -0.2) is 4.79 Å². The largest absolute Gasteiger partial charge is 0.465 e. The summed E-state index contributed by atoms with van der Waals surface area (Å²) in [5.41, 5.74) is 2.01. The summed E-state index contributed by atoms with van der Waals surface area (Å²) < 4.78 is 4.78. The van der Waals surface area contributed by atoms with Gasteiger partial charge in [0.2, 0.25) is 5.91 Å². The quantitative estimate of drug-likeness (QED) is 0.626. The standard InChI is InChI=1S/C17H19N3O3S2/c1-10-9-14(16(22)23-4)15(25-10)19-17(24)18-12-5-7-13(8-6-12)20(3)11(2)21/h5-9H,1-4H3,(H2,18,19,24). The van der Waals surface area contributed by atoms with Gasteiger partial charge in [0.05, 0.1) is 12.7 Å². The van der Waals surface area contributed by atoms with E-state index in [9.17, 15) is 9.59 Å². The Hall–Kier alpha value is -2.45. The molecule has 0 atom stereocenters. The van der Waals surface area contributed by atoms with E-state index in [4.69, 9.17) is 17.0 Å². The number of hydrogen-bond acceptors (Lipinski definition) is 5. The Morgan fingerprint density at radius 1 is 1.20 bits per heavy atom. The highest BCUT2D eigenvalue weighted by molar-refractivity contribution is 7.80. The molecule has 132 valence electrons. The molecule has 0 unspecified atom stereocenters. The highest BCUT2D eigenvalue weighted by Crippen LogP contribution is 2.28. The number of rotatable bonds is 4. The predicted octanol–water partition coefficient (Wildman–Crippen LogP) is 3.63. The monoisotopic (exact) mass is 377 g/mol. The van der Waals surface area contributed by atoms with Gasteiger partial charge in [0.15, 0.2) is 5.11 Å². The molecular formula is C17H19N3O3S2. The number of thiophene rings is 1. The minimum atomic E-state index is -0.411. The van der Waals surface area contributed by atoms with E-state index in [2.05, 4.69) is 10.6 Å². The number of thiocarbonyl (C=S) groups is 1. The second kappa shape index (κ2) is 8.09. The summed E-state index contributed by atoms with van der Waals surface area (Å²) in [7, 11) is 3.06. The van der Waals surface area contributed by atoms with Crippen LogP contribution in [0.25, 0.3) is 0 Å². The Balaban J connectivity index is 2.06. The Labute approximate surface area is 155 Å². The van der Waals surface area contributed by atoms with Crippen LogP contribution in [0.1, 0.15) is 22.2 Å². The first-order valence-corrected chi connectivity index (χ1v) is 8.65. The van der Waals surface area contributed by atoms with Crippen molar-refractivity contribution in [3.05, 3.63) is 40.8 Å². The van der Waals surface area contributed by atoms with Crippen LogP contribution in [0.3, 0.4) is 0 Å². The first-order chi connectivity index (χ1) is 11.8. The summed E-state index contributed by atoms with van der Waals surface area (Å²) in [5.74, 6) is -0.451. The molecule has 1 aromatic heterocycles. The molecule has 1 heterocycles. The van der Waals surface area contributed by atoms with Crippen LogP contribution in [-0.4, -0.2) is 31.1 Å². The lowest BCUT2D eigenvalue weighted by atomic mass is 10.2. The van der Waals surface area contributed by atoms with Gasteiger partial charge in [0.25, 0.3) is 0 Å². The predicted molar refractivity (Wildman–Crippen MR) is 106 cm³/mol. The zero-order chi connectivity index (χ0) is 18.6. The normalized spacial score (nSPS) is 10.1. The molecule has 0 radical (unpaired) electrons. The molecule has 1 aromatic carbocycles. The van der Waals surface area contributed by atoms with Gasteiger partial charge in [0, 0.05) is 30.2 Å². The maximum absolute atomic E-state index is 11.8. The summed E-state index contributed by atoms with van der Waals surface area (Å²) in [6.45, 7) is 3.41.